The summed E-state index contributed by atoms with van der Waals surface area (Å²) in [4.78, 5) is 22.9. The molecule has 6 heteroatoms. The Kier molecular flexibility index (Phi) is 5.11. The second kappa shape index (κ2) is 6.36. The van der Waals surface area contributed by atoms with Gasteiger partial charge in [0.25, 0.3) is 0 Å². The quantitative estimate of drug-likeness (QED) is 0.420. The van der Waals surface area contributed by atoms with Crippen molar-refractivity contribution in [3.8, 4) is 0 Å². The number of carbonyl (C=O) groups is 2. The summed E-state index contributed by atoms with van der Waals surface area (Å²) in [6, 6.07) is -0.994. The molecule has 2 amide bonds. The minimum atomic E-state index is -0.726. The molecule has 0 saturated carbocycles. The largest absolute Gasteiger partial charge is 0.393 e. The van der Waals surface area contributed by atoms with Crippen molar-refractivity contribution < 1.29 is 14.7 Å². The van der Waals surface area contributed by atoms with Gasteiger partial charge in [0.05, 0.1) is 12.1 Å². The molecule has 5 N–H and O–H groups in total. The fraction of sp³-hybridized carbons (Fsp3) is 0.636. The highest BCUT2D eigenvalue weighted by molar-refractivity contribution is 5.88. The molecule has 0 fully saturated rings. The van der Waals surface area contributed by atoms with Gasteiger partial charge in [-0.3, -0.25) is 9.59 Å². The lowest BCUT2D eigenvalue weighted by molar-refractivity contribution is -0.123. The molecular weight excluding hydrogens is 222 g/mol. The molecule has 1 rings (SSSR count). The van der Waals surface area contributed by atoms with Crippen LogP contribution in [0.5, 0.6) is 0 Å². The van der Waals surface area contributed by atoms with E-state index in [9.17, 15) is 14.7 Å². The average Bonchev–Trinajstić information content (AvgIpc) is 2.25. The first-order valence-corrected chi connectivity index (χ1v) is 5.69. The molecule has 0 aromatic carbocycles. The number of hydrogen-bond donors (Lipinski definition) is 4. The van der Waals surface area contributed by atoms with Crippen molar-refractivity contribution in [2.75, 3.05) is 6.54 Å². The molecule has 17 heavy (non-hydrogen) atoms. The second-order valence-corrected chi connectivity index (χ2v) is 4.23. The molecule has 1 aliphatic rings. The predicted molar refractivity (Wildman–Crippen MR) is 63.0 cm³/mol. The Labute approximate surface area is 100 Å². The van der Waals surface area contributed by atoms with E-state index in [1.807, 2.05) is 0 Å². The fourth-order valence-corrected chi connectivity index (χ4v) is 1.55. The van der Waals surface area contributed by atoms with Gasteiger partial charge in [0.2, 0.25) is 11.8 Å². The number of rotatable bonds is 0. The van der Waals surface area contributed by atoms with Crippen LogP contribution in [0, 0.1) is 0 Å². The van der Waals surface area contributed by atoms with Gasteiger partial charge in [0, 0.05) is 18.7 Å². The summed E-state index contributed by atoms with van der Waals surface area (Å²) in [5, 5.41) is 14.9. The van der Waals surface area contributed by atoms with Crippen LogP contribution in [0.25, 0.3) is 0 Å². The summed E-state index contributed by atoms with van der Waals surface area (Å²) in [7, 11) is 0. The SMILES string of the molecule is C[C@H]1/C=C/C(=O)NCC[C@H](O)C[C@H](N)C(=O)N1. The summed E-state index contributed by atoms with van der Waals surface area (Å²) in [6.45, 7) is 2.11. The van der Waals surface area contributed by atoms with Crippen LogP contribution in [0.3, 0.4) is 0 Å². The number of nitrogens with two attached hydrogens (primary N) is 1. The molecule has 6 nitrogen and oxygen atoms in total. The Morgan fingerprint density at radius 1 is 1.47 bits per heavy atom. The molecular formula is C11H19N3O3. The molecule has 0 aromatic heterocycles. The second-order valence-electron chi connectivity index (χ2n) is 4.23. The van der Waals surface area contributed by atoms with E-state index in [-0.39, 0.29) is 24.3 Å². The first kappa shape index (κ1) is 13.7. The minimum absolute atomic E-state index is 0.193. The van der Waals surface area contributed by atoms with Crippen LogP contribution < -0.4 is 16.4 Å². The van der Waals surface area contributed by atoms with Gasteiger partial charge in [-0.1, -0.05) is 6.08 Å². The van der Waals surface area contributed by atoms with E-state index in [0.717, 1.165) is 0 Å². The standard InChI is InChI=1S/C11H19N3O3/c1-7-2-3-10(16)13-5-4-8(15)6-9(12)11(17)14-7/h2-3,7-9,15H,4-6,12H2,1H3,(H,13,16)(H,14,17)/b3-2+/t7-,8-,9-/m0/s1. The van der Waals surface area contributed by atoms with Gasteiger partial charge in [-0.05, 0) is 19.8 Å². The van der Waals surface area contributed by atoms with Crippen LogP contribution in [-0.4, -0.2) is 41.7 Å². The zero-order chi connectivity index (χ0) is 12.8. The monoisotopic (exact) mass is 241 g/mol. The summed E-state index contributed by atoms with van der Waals surface area (Å²) >= 11 is 0. The third-order valence-corrected chi connectivity index (χ3v) is 2.55. The van der Waals surface area contributed by atoms with E-state index < -0.39 is 12.1 Å². The van der Waals surface area contributed by atoms with Gasteiger partial charge in [0.15, 0.2) is 0 Å². The first-order chi connectivity index (χ1) is 7.99. The minimum Gasteiger partial charge on any atom is -0.393 e. The van der Waals surface area contributed by atoms with Crippen molar-refractivity contribution in [1.29, 1.82) is 0 Å². The zero-order valence-electron chi connectivity index (χ0n) is 9.85. The van der Waals surface area contributed by atoms with E-state index in [2.05, 4.69) is 10.6 Å². The number of carbonyl (C=O) groups excluding carboxylic acids is 2. The van der Waals surface area contributed by atoms with E-state index in [4.69, 9.17) is 5.73 Å². The lowest BCUT2D eigenvalue weighted by atomic mass is 10.1. The van der Waals surface area contributed by atoms with Gasteiger partial charge in [-0.25, -0.2) is 0 Å². The lowest BCUT2D eigenvalue weighted by Crippen LogP contribution is -2.46. The number of nitrogens with one attached hydrogen (secondary N) is 2. The molecule has 96 valence electrons. The molecule has 0 radical (unpaired) electrons. The topological polar surface area (TPSA) is 104 Å². The zero-order valence-corrected chi connectivity index (χ0v) is 9.85. The molecule has 0 saturated heterocycles. The van der Waals surface area contributed by atoms with Gasteiger partial charge >= 0.3 is 0 Å². The first-order valence-electron chi connectivity index (χ1n) is 5.69. The molecule has 1 aliphatic heterocycles. The summed E-state index contributed by atoms with van der Waals surface area (Å²) in [5.74, 6) is -0.551. The lowest BCUT2D eigenvalue weighted by Gasteiger charge is -2.19. The number of hydrogen-bond acceptors (Lipinski definition) is 4. The maximum Gasteiger partial charge on any atom is 0.243 e. The third-order valence-electron chi connectivity index (χ3n) is 2.55. The van der Waals surface area contributed by atoms with Gasteiger partial charge < -0.3 is 21.5 Å². The number of aliphatic hydroxyl groups is 1. The molecule has 0 aromatic rings. The Balaban J connectivity index is 2.69. The highest BCUT2D eigenvalue weighted by Crippen LogP contribution is 2.02. The molecule has 0 spiro atoms. The van der Waals surface area contributed by atoms with E-state index >= 15 is 0 Å². The van der Waals surface area contributed by atoms with Crippen molar-refractivity contribution in [3.05, 3.63) is 12.2 Å². The molecule has 0 aliphatic carbocycles. The molecule has 0 bridgehead atoms. The van der Waals surface area contributed by atoms with E-state index in [1.54, 1.807) is 13.0 Å². The van der Waals surface area contributed by atoms with E-state index in [1.165, 1.54) is 6.08 Å². The van der Waals surface area contributed by atoms with Gasteiger partial charge in [-0.15, -0.1) is 0 Å². The summed E-state index contributed by atoms with van der Waals surface area (Å²) < 4.78 is 0. The normalized spacial score (nSPS) is 33.9. The summed E-state index contributed by atoms with van der Waals surface area (Å²) in [5.41, 5.74) is 5.65. The van der Waals surface area contributed by atoms with Crippen LogP contribution >= 0.6 is 0 Å². The summed E-state index contributed by atoms with van der Waals surface area (Å²) in [6.07, 6.45) is 2.85. The number of aliphatic hydroxyl groups excluding tert-OH is 1. The van der Waals surface area contributed by atoms with Gasteiger partial charge in [-0.2, -0.15) is 0 Å². The Morgan fingerprint density at radius 3 is 2.88 bits per heavy atom. The molecule has 3 atom stereocenters. The molecule has 1 heterocycles. The average molecular weight is 241 g/mol. The van der Waals surface area contributed by atoms with Crippen LogP contribution in [0.4, 0.5) is 0 Å². The predicted octanol–water partition coefficient (Wildman–Crippen LogP) is -1.35. The van der Waals surface area contributed by atoms with Crippen molar-refractivity contribution in [2.24, 2.45) is 5.73 Å². The van der Waals surface area contributed by atoms with Crippen molar-refractivity contribution in [1.82, 2.24) is 10.6 Å². The Hall–Kier alpha value is -1.40. The van der Waals surface area contributed by atoms with Crippen LogP contribution in [-0.2, 0) is 9.59 Å². The number of amides is 2. The van der Waals surface area contributed by atoms with Crippen LogP contribution in [0.2, 0.25) is 0 Å². The fourth-order valence-electron chi connectivity index (χ4n) is 1.55. The van der Waals surface area contributed by atoms with Crippen molar-refractivity contribution in [3.63, 3.8) is 0 Å². The van der Waals surface area contributed by atoms with E-state index in [0.29, 0.717) is 13.0 Å². The maximum absolute atomic E-state index is 11.6. The van der Waals surface area contributed by atoms with Crippen LogP contribution in [0.15, 0.2) is 12.2 Å². The van der Waals surface area contributed by atoms with Crippen LogP contribution in [0.1, 0.15) is 19.8 Å². The highest BCUT2D eigenvalue weighted by Gasteiger charge is 2.19. The molecule has 0 unspecified atom stereocenters. The van der Waals surface area contributed by atoms with Crippen molar-refractivity contribution >= 4 is 11.8 Å². The third kappa shape index (κ3) is 4.97. The smallest absolute Gasteiger partial charge is 0.243 e. The Bertz CT molecular complexity index is 317. The maximum atomic E-state index is 11.6. The highest BCUT2D eigenvalue weighted by atomic mass is 16.3. The van der Waals surface area contributed by atoms with Crippen molar-refractivity contribution in [2.45, 2.75) is 38.0 Å². The van der Waals surface area contributed by atoms with Gasteiger partial charge in [0.1, 0.15) is 0 Å². The Morgan fingerprint density at radius 2 is 2.18 bits per heavy atom.